The average Bonchev–Trinajstić information content (AvgIpc) is 3.51. The molecule has 10 nitrogen and oxygen atoms in total. The van der Waals surface area contributed by atoms with E-state index in [4.69, 9.17) is 40.6 Å². The monoisotopic (exact) mass is 710 g/mol. The number of carbonyl (C=O) groups excluding carboxylic acids is 4. The second kappa shape index (κ2) is 18.7. The lowest BCUT2D eigenvalue weighted by Crippen LogP contribution is -2.10. The highest BCUT2D eigenvalue weighted by Crippen LogP contribution is 2.42. The van der Waals surface area contributed by atoms with E-state index in [9.17, 15) is 19.2 Å². The van der Waals surface area contributed by atoms with Gasteiger partial charge in [-0.05, 0) is 86.3 Å². The number of unbranched alkanes of at least 4 members (excludes halogenated alkanes) is 2. The molecule has 1 aromatic heterocycles. The third-order valence-corrected chi connectivity index (χ3v) is 9.25. The van der Waals surface area contributed by atoms with Crippen molar-refractivity contribution in [2.24, 2.45) is 0 Å². The van der Waals surface area contributed by atoms with Gasteiger partial charge in [-0.25, -0.2) is 14.4 Å². The topological polar surface area (TPSA) is 124 Å². The maximum absolute atomic E-state index is 13.0. The molecule has 48 heavy (non-hydrogen) atoms. The van der Waals surface area contributed by atoms with Gasteiger partial charge in [-0.1, -0.05) is 25.7 Å². The van der Waals surface area contributed by atoms with Crippen molar-refractivity contribution in [3.05, 3.63) is 87.6 Å². The summed E-state index contributed by atoms with van der Waals surface area (Å²) >= 11 is 7.93. The number of hydrogen-bond acceptors (Lipinski definition) is 13. The number of ether oxygens (including phenoxy) is 6. The molecule has 0 atom stereocenters. The van der Waals surface area contributed by atoms with Gasteiger partial charge in [0.25, 0.3) is 0 Å². The molecule has 13 heteroatoms. The first-order valence-electron chi connectivity index (χ1n) is 15.2. The summed E-state index contributed by atoms with van der Waals surface area (Å²) in [6.45, 7) is 6.63. The van der Waals surface area contributed by atoms with Crippen LogP contribution < -0.4 is 18.9 Å². The maximum atomic E-state index is 13.0. The Morgan fingerprint density at radius 1 is 0.667 bits per heavy atom. The van der Waals surface area contributed by atoms with E-state index in [2.05, 4.69) is 6.58 Å². The largest absolute Gasteiger partial charge is 0.494 e. The Bertz CT molecular complexity index is 1780. The van der Waals surface area contributed by atoms with Crippen LogP contribution in [0.5, 0.6) is 23.0 Å². The van der Waals surface area contributed by atoms with Crippen molar-refractivity contribution < 1.29 is 47.6 Å². The molecule has 0 fully saturated rings. The molecular formula is C35H34O10S3. The minimum absolute atomic E-state index is 0.219. The van der Waals surface area contributed by atoms with Crippen molar-refractivity contribution in [2.45, 2.75) is 39.0 Å². The number of benzene rings is 3. The van der Waals surface area contributed by atoms with Crippen LogP contribution in [0, 0.1) is 3.14 Å². The predicted octanol–water partition coefficient (Wildman–Crippen LogP) is 8.13. The van der Waals surface area contributed by atoms with Gasteiger partial charge in [0, 0.05) is 12.5 Å². The molecule has 4 aromatic rings. The molecule has 0 aliphatic rings. The summed E-state index contributed by atoms with van der Waals surface area (Å²) in [6.07, 6.45) is 4.23. The Balaban J connectivity index is 1.29. The van der Waals surface area contributed by atoms with Crippen molar-refractivity contribution >= 4 is 68.2 Å². The van der Waals surface area contributed by atoms with Gasteiger partial charge in [0.15, 0.2) is 0 Å². The van der Waals surface area contributed by atoms with Crippen LogP contribution in [0.1, 0.15) is 59.7 Å². The van der Waals surface area contributed by atoms with Crippen molar-refractivity contribution in [3.8, 4) is 23.0 Å². The molecule has 3 aromatic carbocycles. The quantitative estimate of drug-likeness (QED) is 0.0327. The molecule has 0 aliphatic carbocycles. The highest BCUT2D eigenvalue weighted by molar-refractivity contribution is 7.77. The molecule has 0 amide bonds. The van der Waals surface area contributed by atoms with E-state index in [0.29, 0.717) is 98.8 Å². The lowest BCUT2D eigenvalue weighted by Gasteiger charge is -2.10. The SMILES string of the molecule is C=CC(=O)OCCCCOc1ccc(C(=O)Oc2ccc(OC(=O)c3ccc(OCCCCOC(=O)CC)cc3)c3sc(=S)sc23)cc1. The van der Waals surface area contributed by atoms with Crippen LogP contribution in [0.15, 0.2) is 73.3 Å². The molecule has 0 aliphatic heterocycles. The minimum Gasteiger partial charge on any atom is -0.494 e. The zero-order valence-electron chi connectivity index (χ0n) is 26.2. The molecule has 0 saturated carbocycles. The van der Waals surface area contributed by atoms with Crippen LogP contribution in [0.2, 0.25) is 0 Å². The fraction of sp³-hybridized carbons (Fsp3) is 0.286. The second-order valence-corrected chi connectivity index (χ2v) is 13.3. The first-order valence-corrected chi connectivity index (χ1v) is 17.2. The van der Waals surface area contributed by atoms with E-state index in [1.165, 1.54) is 22.7 Å². The third-order valence-electron chi connectivity index (χ3n) is 6.57. The molecule has 0 saturated heterocycles. The van der Waals surface area contributed by atoms with Gasteiger partial charge in [-0.15, -0.1) is 22.7 Å². The smallest absolute Gasteiger partial charge is 0.343 e. The molecule has 0 unspecified atom stereocenters. The number of hydrogen-bond donors (Lipinski definition) is 0. The Labute approximate surface area is 290 Å². The minimum atomic E-state index is -0.566. The number of fused-ring (bicyclic) bond motifs is 1. The number of carbonyl (C=O) groups is 4. The summed E-state index contributed by atoms with van der Waals surface area (Å²) in [5.74, 6) is -0.00833. The summed E-state index contributed by atoms with van der Waals surface area (Å²) < 4.78 is 34.6. The lowest BCUT2D eigenvalue weighted by atomic mass is 10.2. The standard InChI is InChI=1S/C35H34O10S3/c1-3-29(36)42-21-7-5-19-40-25-13-9-23(10-14-25)33(38)44-27-17-18-28(32-31(27)47-35(46)48-32)45-34(39)24-11-15-26(16-12-24)41-20-6-8-22-43-30(37)4-2/h3,9-18H,1,4-8,19-22H2,2H3. The third kappa shape index (κ3) is 11.0. The van der Waals surface area contributed by atoms with E-state index in [1.807, 2.05) is 0 Å². The average molecular weight is 711 g/mol. The van der Waals surface area contributed by atoms with Gasteiger partial charge >= 0.3 is 23.9 Å². The molecule has 0 radical (unpaired) electrons. The summed E-state index contributed by atoms with van der Waals surface area (Å²) in [7, 11) is 0. The zero-order chi connectivity index (χ0) is 34.3. The molecule has 0 N–H and O–H groups in total. The zero-order valence-corrected chi connectivity index (χ0v) is 28.7. The Hall–Kier alpha value is -4.59. The molecular weight excluding hydrogens is 677 g/mol. The highest BCUT2D eigenvalue weighted by atomic mass is 32.2. The summed E-state index contributed by atoms with van der Waals surface area (Å²) in [4.78, 5) is 48.2. The summed E-state index contributed by atoms with van der Waals surface area (Å²) in [5, 5.41) is 0. The summed E-state index contributed by atoms with van der Waals surface area (Å²) in [5.41, 5.74) is 0.656. The summed E-state index contributed by atoms with van der Waals surface area (Å²) in [6, 6.07) is 16.3. The molecule has 1 heterocycles. The highest BCUT2D eigenvalue weighted by Gasteiger charge is 2.18. The van der Waals surface area contributed by atoms with Crippen LogP contribution in [-0.4, -0.2) is 50.3 Å². The molecule has 0 spiro atoms. The van der Waals surface area contributed by atoms with Crippen molar-refractivity contribution in [3.63, 3.8) is 0 Å². The van der Waals surface area contributed by atoms with E-state index in [0.717, 1.165) is 12.5 Å². The first-order chi connectivity index (χ1) is 23.3. The van der Waals surface area contributed by atoms with E-state index in [-0.39, 0.29) is 5.97 Å². The van der Waals surface area contributed by atoms with Crippen molar-refractivity contribution in [1.29, 1.82) is 0 Å². The van der Waals surface area contributed by atoms with Crippen LogP contribution in [-0.2, 0) is 19.1 Å². The number of esters is 4. The molecule has 4 rings (SSSR count). The van der Waals surface area contributed by atoms with Gasteiger partial charge in [0.2, 0.25) is 0 Å². The van der Waals surface area contributed by atoms with Gasteiger partial charge in [-0.3, -0.25) is 4.79 Å². The predicted molar refractivity (Wildman–Crippen MR) is 185 cm³/mol. The molecule has 252 valence electrons. The van der Waals surface area contributed by atoms with Crippen molar-refractivity contribution in [1.82, 2.24) is 0 Å². The second-order valence-electron chi connectivity index (χ2n) is 10.1. The van der Waals surface area contributed by atoms with Gasteiger partial charge in [-0.2, -0.15) is 0 Å². The fourth-order valence-electron chi connectivity index (χ4n) is 4.07. The van der Waals surface area contributed by atoms with Crippen LogP contribution >= 0.6 is 34.9 Å². The molecule has 0 bridgehead atoms. The number of rotatable bonds is 18. The first kappa shape index (κ1) is 36.2. The normalized spacial score (nSPS) is 10.6. The van der Waals surface area contributed by atoms with Crippen LogP contribution in [0.4, 0.5) is 0 Å². The van der Waals surface area contributed by atoms with Crippen LogP contribution in [0.25, 0.3) is 9.40 Å². The van der Waals surface area contributed by atoms with E-state index in [1.54, 1.807) is 67.6 Å². The van der Waals surface area contributed by atoms with E-state index < -0.39 is 17.9 Å². The maximum Gasteiger partial charge on any atom is 0.343 e. The van der Waals surface area contributed by atoms with Crippen molar-refractivity contribution in [2.75, 3.05) is 26.4 Å². The van der Waals surface area contributed by atoms with Gasteiger partial charge < -0.3 is 28.4 Å². The fourth-order valence-corrected chi connectivity index (χ4v) is 6.63. The Morgan fingerprint density at radius 2 is 1.10 bits per heavy atom. The van der Waals surface area contributed by atoms with E-state index >= 15 is 0 Å². The lowest BCUT2D eigenvalue weighted by molar-refractivity contribution is -0.143. The Morgan fingerprint density at radius 3 is 1.54 bits per heavy atom. The Kier molecular flexibility index (Phi) is 14.1. The van der Waals surface area contributed by atoms with Crippen LogP contribution in [0.3, 0.4) is 0 Å². The van der Waals surface area contributed by atoms with Gasteiger partial charge in [0.05, 0.1) is 47.0 Å². The van der Waals surface area contributed by atoms with Gasteiger partial charge in [0.1, 0.15) is 26.1 Å².